The summed E-state index contributed by atoms with van der Waals surface area (Å²) in [4.78, 5) is 12.2. The molecule has 1 fully saturated rings. The van der Waals surface area contributed by atoms with E-state index in [0.717, 1.165) is 5.56 Å². The van der Waals surface area contributed by atoms with Gasteiger partial charge in [-0.2, -0.15) is 0 Å². The topological polar surface area (TPSA) is 146 Å². The minimum atomic E-state index is -1.57. The number of methoxy groups -OCH3 is 1. The lowest BCUT2D eigenvalue weighted by atomic mass is 9.89. The fourth-order valence-corrected chi connectivity index (χ4v) is 4.77. The molecule has 0 radical (unpaired) electrons. The first kappa shape index (κ1) is 25.9. The van der Waals surface area contributed by atoms with E-state index in [9.17, 15) is 30.3 Å². The van der Waals surface area contributed by atoms with E-state index in [2.05, 4.69) is 0 Å². The predicted octanol–water partition coefficient (Wildman–Crippen LogP) is 2.00. The van der Waals surface area contributed by atoms with Gasteiger partial charge in [0.2, 0.25) is 0 Å². The van der Waals surface area contributed by atoms with Crippen molar-refractivity contribution < 1.29 is 44.5 Å². The molecule has 0 spiro atoms. The van der Waals surface area contributed by atoms with Crippen LogP contribution in [-0.4, -0.2) is 76.2 Å². The number of hydrogen-bond acceptors (Lipinski definition) is 8. The van der Waals surface area contributed by atoms with Gasteiger partial charge >= 0.3 is 5.97 Å². The molecule has 3 aliphatic rings. The van der Waals surface area contributed by atoms with Crippen LogP contribution < -0.4 is 9.47 Å². The number of benzene rings is 1. The van der Waals surface area contributed by atoms with Gasteiger partial charge in [0.1, 0.15) is 30.5 Å². The molecule has 9 heteroatoms. The highest BCUT2D eigenvalue weighted by molar-refractivity contribution is 5.99. The number of fused-ring (bicyclic) bond motifs is 1. The van der Waals surface area contributed by atoms with Gasteiger partial charge in [0, 0.05) is 5.56 Å². The molecular weight excluding hydrogens is 468 g/mol. The first-order valence-electron chi connectivity index (χ1n) is 11.7. The first-order valence-corrected chi connectivity index (χ1v) is 11.7. The van der Waals surface area contributed by atoms with Crippen LogP contribution in [0.15, 0.2) is 48.5 Å². The van der Waals surface area contributed by atoms with Crippen molar-refractivity contribution in [2.45, 2.75) is 43.9 Å². The van der Waals surface area contributed by atoms with E-state index in [1.165, 1.54) is 7.11 Å². The van der Waals surface area contributed by atoms with Gasteiger partial charge in [0.05, 0.1) is 25.9 Å². The number of rotatable bonds is 8. The molecule has 192 valence electrons. The summed E-state index contributed by atoms with van der Waals surface area (Å²) in [6, 6.07) is 14.3. The van der Waals surface area contributed by atoms with E-state index in [4.69, 9.17) is 14.2 Å². The van der Waals surface area contributed by atoms with Gasteiger partial charge in [-0.05, 0) is 53.8 Å². The Hall–Kier alpha value is -3.21. The Bertz CT molecular complexity index is 1190. The second-order valence-electron chi connectivity index (χ2n) is 8.71. The van der Waals surface area contributed by atoms with Crippen LogP contribution in [0.3, 0.4) is 0 Å². The maximum Gasteiger partial charge on any atom is 0.336 e. The van der Waals surface area contributed by atoms with Crippen molar-refractivity contribution in [2.24, 2.45) is 0 Å². The zero-order valence-corrected chi connectivity index (χ0v) is 20.0. The zero-order chi connectivity index (χ0) is 26.0. The molecule has 36 heavy (non-hydrogen) atoms. The minimum absolute atomic E-state index is 0.198. The molecule has 4 rings (SSSR count). The van der Waals surface area contributed by atoms with E-state index >= 15 is 0 Å². The summed E-state index contributed by atoms with van der Waals surface area (Å²) in [7, 11) is 1.46. The third-order valence-electron chi connectivity index (χ3n) is 6.45. The number of aliphatic hydroxyl groups excluding tert-OH is 4. The van der Waals surface area contributed by atoms with Crippen LogP contribution in [0.5, 0.6) is 11.5 Å². The van der Waals surface area contributed by atoms with E-state index in [-0.39, 0.29) is 24.3 Å². The van der Waals surface area contributed by atoms with Gasteiger partial charge in [-0.1, -0.05) is 30.3 Å². The second-order valence-corrected chi connectivity index (χ2v) is 8.71. The quantitative estimate of drug-likeness (QED) is 0.315. The average molecular weight is 499 g/mol. The standard InChI is InChI=1S/C27H30O9/c1-3-35-25-18(26-24(31)23(30)22(29)20(13-28)36-26)10-14(11-19(25)34-2)9-16-12-15-7-5-4-6-8-17(15)21(16)27(32)33/h4-8,10-12,20,22-24,26,28-31H,3,9,13H2,1-2H3,(H,32,33)/t20-,22-,23+,24+,26+/m1/s1. The van der Waals surface area contributed by atoms with Gasteiger partial charge < -0.3 is 39.7 Å². The summed E-state index contributed by atoms with van der Waals surface area (Å²) in [6.07, 6.45) is -6.60. The summed E-state index contributed by atoms with van der Waals surface area (Å²) in [5.74, 6) is -0.426. The summed E-state index contributed by atoms with van der Waals surface area (Å²) in [5.41, 5.74) is 3.21. The molecule has 1 saturated heterocycles. The second kappa shape index (κ2) is 10.8. The number of carbonyl (C=O) groups is 1. The molecule has 5 atom stereocenters. The van der Waals surface area contributed by atoms with Gasteiger partial charge in [-0.25, -0.2) is 4.79 Å². The Kier molecular flexibility index (Phi) is 7.77. The predicted molar refractivity (Wildman–Crippen MR) is 130 cm³/mol. The zero-order valence-electron chi connectivity index (χ0n) is 20.0. The highest BCUT2D eigenvalue weighted by Crippen LogP contribution is 2.43. The Morgan fingerprint density at radius 3 is 2.44 bits per heavy atom. The molecule has 0 aromatic heterocycles. The number of aliphatic hydroxyl groups is 4. The molecular formula is C27H30O9. The third-order valence-corrected chi connectivity index (χ3v) is 6.45. The summed E-state index contributed by atoms with van der Waals surface area (Å²) < 4.78 is 17.1. The van der Waals surface area contributed by atoms with Crippen molar-refractivity contribution >= 4 is 5.97 Å². The van der Waals surface area contributed by atoms with Crippen LogP contribution in [0.1, 0.15) is 40.1 Å². The van der Waals surface area contributed by atoms with Gasteiger partial charge in [0.25, 0.3) is 0 Å². The molecule has 0 bridgehead atoms. The van der Waals surface area contributed by atoms with Gasteiger partial charge in [0.15, 0.2) is 11.5 Å². The number of carboxylic acid groups (broad SMARTS) is 1. The summed E-state index contributed by atoms with van der Waals surface area (Å²) >= 11 is 0. The highest BCUT2D eigenvalue weighted by Gasteiger charge is 2.45. The average Bonchev–Trinajstić information content (AvgIpc) is 3.04. The fourth-order valence-electron chi connectivity index (χ4n) is 4.77. The fraction of sp³-hybridized carbons (Fsp3) is 0.370. The largest absolute Gasteiger partial charge is 0.493 e. The van der Waals surface area contributed by atoms with Crippen LogP contribution >= 0.6 is 0 Å². The summed E-state index contributed by atoms with van der Waals surface area (Å²) in [5, 5.41) is 50.9. The smallest absolute Gasteiger partial charge is 0.336 e. The van der Waals surface area contributed by atoms with E-state index in [1.54, 1.807) is 31.2 Å². The Morgan fingerprint density at radius 2 is 1.78 bits per heavy atom. The van der Waals surface area contributed by atoms with Crippen LogP contribution in [0.2, 0.25) is 0 Å². The Morgan fingerprint density at radius 1 is 1.03 bits per heavy atom. The molecule has 1 aromatic carbocycles. The molecule has 0 unspecified atom stereocenters. The van der Waals surface area contributed by atoms with Crippen molar-refractivity contribution in [3.8, 4) is 22.6 Å². The molecule has 2 aliphatic carbocycles. The minimum Gasteiger partial charge on any atom is -0.493 e. The van der Waals surface area contributed by atoms with Crippen LogP contribution in [0.4, 0.5) is 0 Å². The first-order chi connectivity index (χ1) is 17.3. The molecule has 1 aliphatic heterocycles. The molecule has 0 saturated carbocycles. The molecule has 5 N–H and O–H groups in total. The lowest BCUT2D eigenvalue weighted by Gasteiger charge is -2.40. The SMILES string of the molecule is CCOc1c(OC)cc(Cc2cc3cccccc-3c2C(=O)O)cc1[C@@H]1O[C@H](CO)[C@@H](O)[C@H](O)[C@@H]1O. The van der Waals surface area contributed by atoms with Crippen LogP contribution in [-0.2, 0) is 11.2 Å². The van der Waals surface area contributed by atoms with Crippen molar-refractivity contribution in [2.75, 3.05) is 20.3 Å². The number of hydrogen-bond donors (Lipinski definition) is 5. The van der Waals surface area contributed by atoms with Crippen LogP contribution in [0, 0.1) is 0 Å². The van der Waals surface area contributed by atoms with Crippen molar-refractivity contribution in [3.63, 3.8) is 0 Å². The third kappa shape index (κ3) is 4.76. The van der Waals surface area contributed by atoms with Gasteiger partial charge in [-0.3, -0.25) is 0 Å². The van der Waals surface area contributed by atoms with Gasteiger partial charge in [-0.15, -0.1) is 0 Å². The van der Waals surface area contributed by atoms with E-state index < -0.39 is 43.1 Å². The Balaban J connectivity index is 1.83. The van der Waals surface area contributed by atoms with E-state index in [0.29, 0.717) is 28.0 Å². The normalized spacial score (nSPS) is 24.0. The Labute approximate surface area is 208 Å². The summed E-state index contributed by atoms with van der Waals surface area (Å²) in [6.45, 7) is 1.48. The molecule has 1 heterocycles. The molecule has 0 amide bonds. The van der Waals surface area contributed by atoms with Crippen molar-refractivity contribution in [1.29, 1.82) is 0 Å². The number of aromatic carboxylic acids is 1. The maximum absolute atomic E-state index is 12.2. The maximum atomic E-state index is 12.2. The van der Waals surface area contributed by atoms with Crippen molar-refractivity contribution in [3.05, 3.63) is 70.8 Å². The lowest BCUT2D eigenvalue weighted by Crippen LogP contribution is -2.55. The van der Waals surface area contributed by atoms with E-state index in [1.807, 2.05) is 24.3 Å². The van der Waals surface area contributed by atoms with Crippen molar-refractivity contribution in [1.82, 2.24) is 0 Å². The number of carboxylic acids is 1. The molecule has 9 nitrogen and oxygen atoms in total. The lowest BCUT2D eigenvalue weighted by molar-refractivity contribution is -0.232. The monoisotopic (exact) mass is 498 g/mol. The highest BCUT2D eigenvalue weighted by atomic mass is 16.5. The molecule has 1 aromatic rings. The number of ether oxygens (including phenoxy) is 3. The van der Waals surface area contributed by atoms with Crippen LogP contribution in [0.25, 0.3) is 11.1 Å².